The predicted molar refractivity (Wildman–Crippen MR) is 119 cm³/mol. The number of likely N-dealkylation sites (tertiary alicyclic amines) is 1. The van der Waals surface area contributed by atoms with Gasteiger partial charge in [-0.15, -0.1) is 24.0 Å². The van der Waals surface area contributed by atoms with Crippen molar-refractivity contribution in [1.82, 2.24) is 15.5 Å². The molecule has 0 radical (unpaired) electrons. The average Bonchev–Trinajstić information content (AvgIpc) is 3.39. The van der Waals surface area contributed by atoms with Crippen LogP contribution in [0.15, 0.2) is 52.1 Å². The fourth-order valence-electron chi connectivity index (χ4n) is 3.33. The van der Waals surface area contributed by atoms with E-state index in [-0.39, 0.29) is 30.0 Å². The number of benzene rings is 1. The Morgan fingerprint density at radius 3 is 2.70 bits per heavy atom. The largest absolute Gasteiger partial charge is 0.497 e. The van der Waals surface area contributed by atoms with E-state index < -0.39 is 0 Å². The van der Waals surface area contributed by atoms with Gasteiger partial charge in [-0.3, -0.25) is 9.89 Å². The van der Waals surface area contributed by atoms with Gasteiger partial charge in [-0.05, 0) is 55.8 Å². The third-order valence-corrected chi connectivity index (χ3v) is 4.73. The molecule has 6 nitrogen and oxygen atoms in total. The minimum absolute atomic E-state index is 0. The predicted octanol–water partition coefficient (Wildman–Crippen LogP) is 3.41. The normalized spacial score (nSPS) is 15.9. The minimum Gasteiger partial charge on any atom is -0.497 e. The Morgan fingerprint density at radius 2 is 2.04 bits per heavy atom. The third-order valence-electron chi connectivity index (χ3n) is 4.73. The molecular formula is C20H29IN4O2. The molecule has 1 aliphatic rings. The van der Waals surface area contributed by atoms with Crippen LogP contribution in [0.1, 0.15) is 30.2 Å². The summed E-state index contributed by atoms with van der Waals surface area (Å²) in [7, 11) is 3.47. The number of ether oxygens (including phenoxy) is 1. The summed E-state index contributed by atoms with van der Waals surface area (Å²) in [5.41, 5.74) is 1.15. The van der Waals surface area contributed by atoms with Crippen molar-refractivity contribution in [3.05, 3.63) is 54.0 Å². The number of methoxy groups -OCH3 is 1. The highest BCUT2D eigenvalue weighted by Gasteiger charge is 2.25. The van der Waals surface area contributed by atoms with Gasteiger partial charge in [0.15, 0.2) is 5.96 Å². The summed E-state index contributed by atoms with van der Waals surface area (Å²) >= 11 is 0. The molecule has 1 saturated heterocycles. The molecule has 0 amide bonds. The van der Waals surface area contributed by atoms with Crippen molar-refractivity contribution in [2.45, 2.75) is 25.4 Å². The zero-order valence-electron chi connectivity index (χ0n) is 16.0. The van der Waals surface area contributed by atoms with Gasteiger partial charge in [0.25, 0.3) is 0 Å². The molecule has 7 heteroatoms. The quantitative estimate of drug-likeness (QED) is 0.359. The van der Waals surface area contributed by atoms with E-state index >= 15 is 0 Å². The zero-order valence-corrected chi connectivity index (χ0v) is 18.3. The van der Waals surface area contributed by atoms with Gasteiger partial charge in [0.2, 0.25) is 0 Å². The van der Waals surface area contributed by atoms with E-state index in [1.165, 1.54) is 12.8 Å². The van der Waals surface area contributed by atoms with Gasteiger partial charge < -0.3 is 19.8 Å². The van der Waals surface area contributed by atoms with E-state index in [9.17, 15) is 0 Å². The molecule has 0 spiro atoms. The Hall–Kier alpha value is -1.74. The van der Waals surface area contributed by atoms with E-state index in [0.717, 1.165) is 42.7 Å². The van der Waals surface area contributed by atoms with E-state index in [2.05, 4.69) is 32.7 Å². The maximum absolute atomic E-state index is 5.67. The van der Waals surface area contributed by atoms with Crippen LogP contribution < -0.4 is 15.4 Å². The van der Waals surface area contributed by atoms with Crippen LogP contribution in [0.25, 0.3) is 0 Å². The molecule has 148 valence electrons. The number of rotatable bonds is 7. The smallest absolute Gasteiger partial charge is 0.191 e. The lowest BCUT2D eigenvalue weighted by Gasteiger charge is -2.26. The molecule has 2 heterocycles. The molecule has 2 N–H and O–H groups in total. The molecule has 1 aromatic heterocycles. The second-order valence-electron chi connectivity index (χ2n) is 6.43. The minimum atomic E-state index is 0. The number of halogens is 1. The second-order valence-corrected chi connectivity index (χ2v) is 6.43. The summed E-state index contributed by atoms with van der Waals surface area (Å²) in [6.45, 7) is 3.67. The number of guanidine groups is 1. The van der Waals surface area contributed by atoms with Crippen LogP contribution in [-0.4, -0.2) is 44.7 Å². The lowest BCUT2D eigenvalue weighted by Crippen LogP contribution is -2.42. The first-order valence-electron chi connectivity index (χ1n) is 9.15. The summed E-state index contributed by atoms with van der Waals surface area (Å²) in [4.78, 5) is 6.81. The van der Waals surface area contributed by atoms with Gasteiger partial charge in [-0.25, -0.2) is 0 Å². The Morgan fingerprint density at radius 1 is 1.22 bits per heavy atom. The number of hydrogen-bond donors (Lipinski definition) is 2. The molecule has 3 rings (SSSR count). The van der Waals surface area contributed by atoms with Gasteiger partial charge >= 0.3 is 0 Å². The monoisotopic (exact) mass is 484 g/mol. The van der Waals surface area contributed by atoms with Crippen LogP contribution in [0.4, 0.5) is 0 Å². The van der Waals surface area contributed by atoms with Crippen molar-refractivity contribution in [2.24, 2.45) is 4.99 Å². The van der Waals surface area contributed by atoms with Crippen LogP contribution in [-0.2, 0) is 6.54 Å². The number of furan rings is 1. The van der Waals surface area contributed by atoms with Gasteiger partial charge in [0.1, 0.15) is 11.5 Å². The van der Waals surface area contributed by atoms with Crippen molar-refractivity contribution < 1.29 is 9.15 Å². The first-order chi connectivity index (χ1) is 12.8. The Bertz CT molecular complexity index is 700. The molecule has 1 aliphatic heterocycles. The second kappa shape index (κ2) is 11.2. The SMILES string of the molecule is CN=C(NCc1cccc(OC)c1)NCC(c1ccco1)N1CCCC1.I. The van der Waals surface area contributed by atoms with Crippen LogP contribution >= 0.6 is 24.0 Å². The van der Waals surface area contributed by atoms with Gasteiger partial charge in [0, 0.05) is 20.1 Å². The number of aliphatic imine (C=N–C) groups is 1. The molecule has 1 fully saturated rings. The van der Waals surface area contributed by atoms with E-state index in [0.29, 0.717) is 6.54 Å². The summed E-state index contributed by atoms with van der Waals surface area (Å²) in [6.07, 6.45) is 4.24. The molecule has 1 atom stereocenters. The molecule has 0 saturated carbocycles. The van der Waals surface area contributed by atoms with Crippen molar-refractivity contribution in [1.29, 1.82) is 0 Å². The third kappa shape index (κ3) is 6.14. The van der Waals surface area contributed by atoms with Crippen molar-refractivity contribution in [2.75, 3.05) is 33.8 Å². The van der Waals surface area contributed by atoms with Crippen molar-refractivity contribution in [3.63, 3.8) is 0 Å². The fraction of sp³-hybridized carbons (Fsp3) is 0.450. The molecule has 1 unspecified atom stereocenters. The summed E-state index contributed by atoms with van der Waals surface area (Å²) in [5, 5.41) is 6.80. The lowest BCUT2D eigenvalue weighted by molar-refractivity contribution is 0.215. The Labute approximate surface area is 178 Å². The highest BCUT2D eigenvalue weighted by molar-refractivity contribution is 14.0. The van der Waals surface area contributed by atoms with Crippen molar-refractivity contribution >= 4 is 29.9 Å². The molecule has 0 bridgehead atoms. The first kappa shape index (κ1) is 21.6. The van der Waals surface area contributed by atoms with Crippen LogP contribution in [0, 0.1) is 0 Å². The molecule has 0 aliphatic carbocycles. The van der Waals surface area contributed by atoms with E-state index in [1.54, 1.807) is 20.4 Å². The van der Waals surface area contributed by atoms with E-state index in [4.69, 9.17) is 9.15 Å². The maximum Gasteiger partial charge on any atom is 0.191 e. The summed E-state index contributed by atoms with van der Waals surface area (Å²) in [6, 6.07) is 12.3. The van der Waals surface area contributed by atoms with Crippen LogP contribution in [0.3, 0.4) is 0 Å². The van der Waals surface area contributed by atoms with Gasteiger partial charge in [-0.1, -0.05) is 12.1 Å². The summed E-state index contributed by atoms with van der Waals surface area (Å²) < 4.78 is 10.9. The topological polar surface area (TPSA) is 62.0 Å². The molecular weight excluding hydrogens is 455 g/mol. The van der Waals surface area contributed by atoms with Gasteiger partial charge in [0.05, 0.1) is 19.4 Å². The van der Waals surface area contributed by atoms with Gasteiger partial charge in [-0.2, -0.15) is 0 Å². The molecule has 27 heavy (non-hydrogen) atoms. The maximum atomic E-state index is 5.67. The highest BCUT2D eigenvalue weighted by Crippen LogP contribution is 2.24. The zero-order chi connectivity index (χ0) is 18.2. The number of nitrogens with one attached hydrogen (secondary N) is 2. The number of hydrogen-bond acceptors (Lipinski definition) is 4. The van der Waals surface area contributed by atoms with Crippen LogP contribution in [0.2, 0.25) is 0 Å². The fourth-order valence-corrected chi connectivity index (χ4v) is 3.33. The molecule has 1 aromatic carbocycles. The number of nitrogens with zero attached hydrogens (tertiary/aromatic N) is 2. The average molecular weight is 484 g/mol. The Balaban J connectivity index is 0.00000261. The highest BCUT2D eigenvalue weighted by atomic mass is 127. The Kier molecular flexibility index (Phi) is 8.93. The first-order valence-corrected chi connectivity index (χ1v) is 9.15. The molecule has 2 aromatic rings. The van der Waals surface area contributed by atoms with Crippen molar-refractivity contribution in [3.8, 4) is 5.75 Å². The lowest BCUT2D eigenvalue weighted by atomic mass is 10.2. The standard InChI is InChI=1S/C20H28N4O2.HI/c1-21-20(22-14-16-7-5-8-17(13-16)25-2)23-15-18(19-9-6-12-26-19)24-10-3-4-11-24;/h5-9,12-13,18H,3-4,10-11,14-15H2,1-2H3,(H2,21,22,23);1H. The van der Waals surface area contributed by atoms with E-state index in [1.807, 2.05) is 24.3 Å². The summed E-state index contributed by atoms with van der Waals surface area (Å²) in [5.74, 6) is 2.64. The van der Waals surface area contributed by atoms with Crippen LogP contribution in [0.5, 0.6) is 5.75 Å².